The van der Waals surface area contributed by atoms with Crippen molar-refractivity contribution in [3.63, 3.8) is 0 Å². The van der Waals surface area contributed by atoms with Gasteiger partial charge in [-0.3, -0.25) is 4.79 Å². The summed E-state index contributed by atoms with van der Waals surface area (Å²) in [6.07, 6.45) is 1.81. The minimum atomic E-state index is -3.29. The van der Waals surface area contributed by atoms with Crippen molar-refractivity contribution < 1.29 is 18.0 Å². The molecule has 1 saturated heterocycles. The Bertz CT molecular complexity index is 692. The molecule has 1 aromatic carbocycles. The molecule has 0 unspecified atom stereocenters. The van der Waals surface area contributed by atoms with E-state index in [0.29, 0.717) is 12.0 Å². The van der Waals surface area contributed by atoms with Crippen LogP contribution >= 0.6 is 0 Å². The van der Waals surface area contributed by atoms with Crippen LogP contribution in [0.2, 0.25) is 0 Å². The lowest BCUT2D eigenvalue weighted by Gasteiger charge is -2.45. The number of hydrogen-bond acceptors (Lipinski definition) is 4. The van der Waals surface area contributed by atoms with Crippen molar-refractivity contribution in [1.82, 2.24) is 4.31 Å². The zero-order chi connectivity index (χ0) is 14.5. The SMILES string of the molecule is CS(=O)(=O)N1CC2(C1)C(=O)N(CC=O)c1ccccc12. The number of amides is 1. The van der Waals surface area contributed by atoms with Gasteiger partial charge in [0.1, 0.15) is 11.7 Å². The van der Waals surface area contributed by atoms with E-state index in [9.17, 15) is 18.0 Å². The van der Waals surface area contributed by atoms with Crippen LogP contribution in [0.3, 0.4) is 0 Å². The first-order valence-electron chi connectivity index (χ1n) is 6.20. The van der Waals surface area contributed by atoms with Gasteiger partial charge < -0.3 is 9.69 Å². The van der Waals surface area contributed by atoms with Crippen LogP contribution in [0.5, 0.6) is 0 Å². The third-order valence-electron chi connectivity index (χ3n) is 3.98. The maximum Gasteiger partial charge on any atom is 0.240 e. The number of fused-ring (bicyclic) bond motifs is 2. The van der Waals surface area contributed by atoms with Gasteiger partial charge in [0.05, 0.1) is 12.8 Å². The number of rotatable bonds is 3. The van der Waals surface area contributed by atoms with E-state index in [1.807, 2.05) is 12.1 Å². The second-order valence-corrected chi connectivity index (χ2v) is 7.20. The predicted octanol–water partition coefficient (Wildman–Crippen LogP) is -0.255. The van der Waals surface area contributed by atoms with Gasteiger partial charge in [0.15, 0.2) is 0 Å². The molecule has 0 atom stereocenters. The molecule has 106 valence electrons. The highest BCUT2D eigenvalue weighted by Crippen LogP contribution is 2.47. The maximum absolute atomic E-state index is 12.6. The highest BCUT2D eigenvalue weighted by Gasteiger charge is 2.59. The Labute approximate surface area is 117 Å². The van der Waals surface area contributed by atoms with Crippen molar-refractivity contribution in [3.8, 4) is 0 Å². The monoisotopic (exact) mass is 294 g/mol. The highest BCUT2D eigenvalue weighted by molar-refractivity contribution is 7.88. The van der Waals surface area contributed by atoms with Gasteiger partial charge in [-0.05, 0) is 11.6 Å². The third-order valence-corrected chi connectivity index (χ3v) is 5.18. The zero-order valence-corrected chi connectivity index (χ0v) is 11.8. The number of sulfonamides is 1. The second-order valence-electron chi connectivity index (χ2n) is 5.21. The van der Waals surface area contributed by atoms with Crippen LogP contribution in [0, 0.1) is 0 Å². The number of nitrogens with zero attached hydrogens (tertiary/aromatic N) is 2. The quantitative estimate of drug-likeness (QED) is 0.720. The number of carbonyl (C=O) groups is 2. The van der Waals surface area contributed by atoms with Crippen LogP contribution in [0.4, 0.5) is 5.69 Å². The lowest BCUT2D eigenvalue weighted by atomic mass is 9.76. The third kappa shape index (κ3) is 1.63. The van der Waals surface area contributed by atoms with Gasteiger partial charge in [0.2, 0.25) is 15.9 Å². The van der Waals surface area contributed by atoms with Crippen LogP contribution in [-0.4, -0.2) is 50.8 Å². The molecule has 3 rings (SSSR count). The van der Waals surface area contributed by atoms with Gasteiger partial charge >= 0.3 is 0 Å². The first kappa shape index (κ1) is 13.3. The summed E-state index contributed by atoms with van der Waals surface area (Å²) >= 11 is 0. The van der Waals surface area contributed by atoms with E-state index in [1.54, 1.807) is 12.1 Å². The van der Waals surface area contributed by atoms with Gasteiger partial charge in [-0.15, -0.1) is 0 Å². The first-order chi connectivity index (χ1) is 9.40. The Morgan fingerprint density at radius 2 is 1.95 bits per heavy atom. The molecule has 2 heterocycles. The van der Waals surface area contributed by atoms with Crippen molar-refractivity contribution in [2.75, 3.05) is 30.8 Å². The summed E-state index contributed by atoms with van der Waals surface area (Å²) < 4.78 is 24.3. The predicted molar refractivity (Wildman–Crippen MR) is 73.0 cm³/mol. The van der Waals surface area contributed by atoms with E-state index >= 15 is 0 Å². The van der Waals surface area contributed by atoms with Gasteiger partial charge in [-0.1, -0.05) is 18.2 Å². The molecule has 0 aromatic heterocycles. The molecule has 2 aliphatic heterocycles. The molecule has 1 spiro atoms. The molecule has 7 heteroatoms. The number of anilines is 1. The van der Waals surface area contributed by atoms with Crippen LogP contribution in [0.1, 0.15) is 5.56 Å². The van der Waals surface area contributed by atoms with Gasteiger partial charge in [-0.2, -0.15) is 4.31 Å². The summed E-state index contributed by atoms with van der Waals surface area (Å²) in [5.41, 5.74) is 0.701. The van der Waals surface area contributed by atoms with Crippen molar-refractivity contribution in [3.05, 3.63) is 29.8 Å². The average molecular weight is 294 g/mol. The molecule has 2 aliphatic rings. The zero-order valence-electron chi connectivity index (χ0n) is 10.9. The number of carbonyl (C=O) groups excluding carboxylic acids is 2. The van der Waals surface area contributed by atoms with E-state index < -0.39 is 15.4 Å². The summed E-state index contributed by atoms with van der Waals surface area (Å²) in [6, 6.07) is 7.24. The van der Waals surface area contributed by atoms with E-state index in [4.69, 9.17) is 0 Å². The summed E-state index contributed by atoms with van der Waals surface area (Å²) in [7, 11) is -3.29. The van der Waals surface area contributed by atoms with Gasteiger partial charge in [0, 0.05) is 18.8 Å². The van der Waals surface area contributed by atoms with Crippen LogP contribution in [0.15, 0.2) is 24.3 Å². The molecule has 0 N–H and O–H groups in total. The molecule has 0 saturated carbocycles. The van der Waals surface area contributed by atoms with Crippen molar-refractivity contribution in [2.45, 2.75) is 5.41 Å². The van der Waals surface area contributed by atoms with Crippen molar-refractivity contribution in [2.24, 2.45) is 0 Å². The number of aldehydes is 1. The molecule has 1 amide bonds. The average Bonchev–Trinajstić information content (AvgIpc) is 2.57. The standard InChI is InChI=1S/C13H14N2O4S/c1-20(18,19)14-8-13(9-14)10-4-2-3-5-11(10)15(6-7-16)12(13)17/h2-5,7H,6,8-9H2,1H3. The van der Waals surface area contributed by atoms with E-state index in [2.05, 4.69) is 0 Å². The Morgan fingerprint density at radius 1 is 1.30 bits per heavy atom. The smallest absolute Gasteiger partial charge is 0.240 e. The van der Waals surface area contributed by atoms with Gasteiger partial charge in [-0.25, -0.2) is 8.42 Å². The topological polar surface area (TPSA) is 74.8 Å². The second kappa shape index (κ2) is 4.13. The van der Waals surface area contributed by atoms with E-state index in [-0.39, 0.29) is 25.5 Å². The normalized spacial score (nSPS) is 20.9. The van der Waals surface area contributed by atoms with E-state index in [1.165, 1.54) is 9.21 Å². The summed E-state index contributed by atoms with van der Waals surface area (Å²) in [5.74, 6) is -0.189. The fraction of sp³-hybridized carbons (Fsp3) is 0.385. The Morgan fingerprint density at radius 3 is 2.55 bits per heavy atom. The molecule has 6 nitrogen and oxygen atoms in total. The van der Waals surface area contributed by atoms with Crippen LogP contribution in [-0.2, 0) is 25.0 Å². The summed E-state index contributed by atoms with van der Waals surface area (Å²) in [5, 5.41) is 0. The summed E-state index contributed by atoms with van der Waals surface area (Å²) in [4.78, 5) is 24.8. The Balaban J connectivity index is 2.02. The largest absolute Gasteiger partial charge is 0.304 e. The fourth-order valence-electron chi connectivity index (χ4n) is 2.95. The Hall–Kier alpha value is -1.73. The number of benzene rings is 1. The van der Waals surface area contributed by atoms with Gasteiger partial charge in [0.25, 0.3) is 0 Å². The molecule has 1 fully saturated rings. The van der Waals surface area contributed by atoms with E-state index in [0.717, 1.165) is 11.8 Å². The molecule has 20 heavy (non-hydrogen) atoms. The molecule has 1 aromatic rings. The lowest BCUT2D eigenvalue weighted by Crippen LogP contribution is -2.65. The van der Waals surface area contributed by atoms with Crippen LogP contribution in [0.25, 0.3) is 0 Å². The molecule has 0 bridgehead atoms. The maximum atomic E-state index is 12.6. The molecular formula is C13H14N2O4S. The molecular weight excluding hydrogens is 280 g/mol. The Kier molecular flexibility index (Phi) is 2.74. The molecule has 0 aliphatic carbocycles. The molecule has 0 radical (unpaired) electrons. The minimum Gasteiger partial charge on any atom is -0.304 e. The highest BCUT2D eigenvalue weighted by atomic mass is 32.2. The summed E-state index contributed by atoms with van der Waals surface area (Å²) in [6.45, 7) is 0.296. The number of para-hydroxylation sites is 1. The first-order valence-corrected chi connectivity index (χ1v) is 8.05. The van der Waals surface area contributed by atoms with Crippen molar-refractivity contribution >= 4 is 27.9 Å². The van der Waals surface area contributed by atoms with Crippen LogP contribution < -0.4 is 4.90 Å². The minimum absolute atomic E-state index is 0.00350. The fourth-order valence-corrected chi connectivity index (χ4v) is 3.86. The van der Waals surface area contributed by atoms with Crippen molar-refractivity contribution in [1.29, 1.82) is 0 Å². The lowest BCUT2D eigenvalue weighted by molar-refractivity contribution is -0.127. The number of hydrogen-bond donors (Lipinski definition) is 0.